The van der Waals surface area contributed by atoms with Gasteiger partial charge in [0.25, 0.3) is 0 Å². The number of rotatable bonds is 5. The molecule has 6 heteroatoms. The van der Waals surface area contributed by atoms with Crippen LogP contribution < -0.4 is 0 Å². The first-order valence-electron chi connectivity index (χ1n) is 23.8. The van der Waals surface area contributed by atoms with Gasteiger partial charge in [0.05, 0.1) is 39.0 Å². The van der Waals surface area contributed by atoms with E-state index in [1.165, 1.54) is 33.0 Å². The molecule has 7 aromatic carbocycles. The maximum absolute atomic E-state index is 11.5. The minimum absolute atomic E-state index is 0.0606. The molecule has 0 unspecified atom stereocenters. The Labute approximate surface area is 401 Å². The van der Waals surface area contributed by atoms with E-state index in [1.807, 2.05) is 66.7 Å². The van der Waals surface area contributed by atoms with Crippen molar-refractivity contribution < 1.29 is 0 Å². The number of benzene rings is 7. The molecule has 338 valence electrons. The molecule has 0 radical (unpaired) electrons. The van der Waals surface area contributed by atoms with Gasteiger partial charge in [-0.1, -0.05) is 168 Å². The molecule has 0 aliphatic heterocycles. The van der Waals surface area contributed by atoms with Crippen LogP contribution in [-0.2, 0) is 21.7 Å². The summed E-state index contributed by atoms with van der Waals surface area (Å²) in [6.07, 6.45) is 0. The van der Waals surface area contributed by atoms with Gasteiger partial charge in [-0.15, -0.1) is 0 Å². The van der Waals surface area contributed by atoms with Crippen LogP contribution in [0.3, 0.4) is 0 Å². The van der Waals surface area contributed by atoms with Gasteiger partial charge in [-0.25, -0.2) is 15.0 Å². The molecular formula is C62H60N6. The number of hydrogen-bond acceptors (Lipinski definition) is 4. The molecular weight excluding hydrogens is 829 g/mol. The van der Waals surface area contributed by atoms with Gasteiger partial charge in [-0.2, -0.15) is 5.26 Å². The molecule has 6 nitrogen and oxygen atoms in total. The van der Waals surface area contributed by atoms with Gasteiger partial charge < -0.3 is 9.13 Å². The van der Waals surface area contributed by atoms with Crippen LogP contribution in [0.4, 0.5) is 0 Å². The van der Waals surface area contributed by atoms with Gasteiger partial charge in [-0.05, 0) is 105 Å². The highest BCUT2D eigenvalue weighted by molar-refractivity contribution is 6.12. The molecule has 0 aliphatic rings. The van der Waals surface area contributed by atoms with Crippen LogP contribution >= 0.6 is 0 Å². The Bertz CT molecular complexity index is 3450. The van der Waals surface area contributed by atoms with E-state index in [-0.39, 0.29) is 21.7 Å². The van der Waals surface area contributed by atoms with E-state index in [0.717, 1.165) is 60.9 Å². The lowest BCUT2D eigenvalue weighted by Crippen LogP contribution is -2.11. The van der Waals surface area contributed by atoms with E-state index < -0.39 is 0 Å². The van der Waals surface area contributed by atoms with E-state index >= 15 is 0 Å². The zero-order chi connectivity index (χ0) is 48.1. The lowest BCUT2D eigenvalue weighted by Gasteiger charge is -2.21. The Balaban J connectivity index is 1.37. The number of hydrogen-bond donors (Lipinski definition) is 0. The summed E-state index contributed by atoms with van der Waals surface area (Å²) in [5.74, 6) is 1.60. The van der Waals surface area contributed by atoms with Gasteiger partial charge >= 0.3 is 0 Å². The number of nitriles is 1. The lowest BCUT2D eigenvalue weighted by molar-refractivity contribution is 0.590. The molecule has 0 saturated carbocycles. The van der Waals surface area contributed by atoms with E-state index in [2.05, 4.69) is 177 Å². The van der Waals surface area contributed by atoms with Gasteiger partial charge in [0.1, 0.15) is 6.07 Å². The second-order valence-electron chi connectivity index (χ2n) is 22.6. The van der Waals surface area contributed by atoms with E-state index in [4.69, 9.17) is 15.0 Å². The number of nitrogens with zero attached hydrogens (tertiary/aromatic N) is 6. The van der Waals surface area contributed by atoms with Crippen LogP contribution in [0.2, 0.25) is 0 Å². The predicted octanol–water partition coefficient (Wildman–Crippen LogP) is 16.1. The Kier molecular flexibility index (Phi) is 10.4. The van der Waals surface area contributed by atoms with Gasteiger partial charge in [0.2, 0.25) is 0 Å². The molecule has 0 saturated heterocycles. The van der Waals surface area contributed by atoms with Crippen LogP contribution in [0.25, 0.3) is 89.2 Å². The van der Waals surface area contributed by atoms with Crippen molar-refractivity contribution >= 4 is 43.6 Å². The molecule has 3 aromatic heterocycles. The summed E-state index contributed by atoms with van der Waals surface area (Å²) in [7, 11) is 0. The van der Waals surface area contributed by atoms with Crippen LogP contribution in [-0.4, -0.2) is 24.1 Å². The third-order valence-electron chi connectivity index (χ3n) is 13.7. The maximum Gasteiger partial charge on any atom is 0.166 e. The largest absolute Gasteiger partial charge is 0.308 e. The first kappa shape index (κ1) is 44.5. The first-order chi connectivity index (χ1) is 32.2. The molecule has 0 spiro atoms. The van der Waals surface area contributed by atoms with Crippen LogP contribution in [0.5, 0.6) is 0 Å². The van der Waals surface area contributed by atoms with Crippen molar-refractivity contribution in [1.82, 2.24) is 24.1 Å². The summed E-state index contributed by atoms with van der Waals surface area (Å²) in [6.45, 7) is 27.2. The molecule has 0 bridgehead atoms. The van der Waals surface area contributed by atoms with Gasteiger partial charge in [0.15, 0.2) is 17.5 Å². The molecule has 10 rings (SSSR count). The maximum atomic E-state index is 11.5. The minimum Gasteiger partial charge on any atom is -0.308 e. The standard InChI is InChI=1S/C62H60N6/c1-59(2,3)41-23-27-50-45(32-41)46-33-42(60(4,5)6)24-28-51(46)67(50)54-36-55(68-52-29-25-43(61(7,8)9)34-47(52)48-35-44(62(10,11)12)26-30-53(48)68)49(31-40(54)37-63)58-65-56(38-19-15-13-16-20-38)64-57(66-58)39-21-17-14-18-22-39/h13-36H,1-12H3. The van der Waals surface area contributed by atoms with E-state index in [0.29, 0.717) is 23.0 Å². The van der Waals surface area contributed by atoms with Crippen molar-refractivity contribution in [3.63, 3.8) is 0 Å². The van der Waals surface area contributed by atoms with Crippen LogP contribution in [0.15, 0.2) is 146 Å². The van der Waals surface area contributed by atoms with Crippen LogP contribution in [0.1, 0.15) is 111 Å². The van der Waals surface area contributed by atoms with Crippen molar-refractivity contribution in [3.8, 4) is 51.6 Å². The Morgan fingerprint density at radius 2 is 0.691 bits per heavy atom. The molecule has 0 fully saturated rings. The molecule has 0 amide bonds. The molecule has 10 aromatic rings. The Hall–Kier alpha value is -7.36. The summed E-state index contributed by atoms with van der Waals surface area (Å²) in [5, 5.41) is 16.1. The van der Waals surface area contributed by atoms with Gasteiger partial charge in [-0.3, -0.25) is 0 Å². The third-order valence-corrected chi connectivity index (χ3v) is 13.7. The predicted molar refractivity (Wildman–Crippen MR) is 284 cm³/mol. The zero-order valence-corrected chi connectivity index (χ0v) is 41.5. The Morgan fingerprint density at radius 3 is 1.01 bits per heavy atom. The fourth-order valence-corrected chi connectivity index (χ4v) is 9.58. The van der Waals surface area contributed by atoms with E-state index in [1.54, 1.807) is 0 Å². The molecule has 0 aliphatic carbocycles. The van der Waals surface area contributed by atoms with Crippen molar-refractivity contribution in [2.24, 2.45) is 0 Å². The fraction of sp³-hybridized carbons (Fsp3) is 0.258. The average Bonchev–Trinajstić information content (AvgIpc) is 3.81. The molecule has 0 atom stereocenters. The fourth-order valence-electron chi connectivity index (χ4n) is 9.58. The van der Waals surface area contributed by atoms with Crippen LogP contribution in [0, 0.1) is 11.3 Å². The first-order valence-corrected chi connectivity index (χ1v) is 23.8. The van der Waals surface area contributed by atoms with Crippen molar-refractivity contribution in [2.45, 2.75) is 105 Å². The second kappa shape index (κ2) is 15.9. The van der Waals surface area contributed by atoms with Crippen molar-refractivity contribution in [1.29, 1.82) is 5.26 Å². The van der Waals surface area contributed by atoms with Crippen molar-refractivity contribution in [3.05, 3.63) is 173 Å². The summed E-state index contributed by atoms with van der Waals surface area (Å²) >= 11 is 0. The minimum atomic E-state index is -0.0696. The molecule has 3 heterocycles. The summed E-state index contributed by atoms with van der Waals surface area (Å²) < 4.78 is 4.68. The topological polar surface area (TPSA) is 72.3 Å². The zero-order valence-electron chi connectivity index (χ0n) is 41.5. The molecule has 68 heavy (non-hydrogen) atoms. The highest BCUT2D eigenvalue weighted by atomic mass is 15.1. The highest BCUT2D eigenvalue weighted by Gasteiger charge is 2.27. The van der Waals surface area contributed by atoms with Crippen molar-refractivity contribution in [2.75, 3.05) is 0 Å². The third kappa shape index (κ3) is 7.74. The summed E-state index contributed by atoms with van der Waals surface area (Å²) in [4.78, 5) is 15.7. The lowest BCUT2D eigenvalue weighted by atomic mass is 9.85. The van der Waals surface area contributed by atoms with Gasteiger partial charge in [0, 0.05) is 38.2 Å². The number of aromatic nitrogens is 5. The second-order valence-corrected chi connectivity index (χ2v) is 22.6. The highest BCUT2D eigenvalue weighted by Crippen LogP contribution is 2.44. The monoisotopic (exact) mass is 888 g/mol. The summed E-state index contributed by atoms with van der Waals surface area (Å²) in [5.41, 5.74) is 13.6. The smallest absolute Gasteiger partial charge is 0.166 e. The summed E-state index contributed by atoms with van der Waals surface area (Å²) in [6, 6.07) is 54.6. The molecule has 0 N–H and O–H groups in total. The van der Waals surface area contributed by atoms with E-state index in [9.17, 15) is 5.26 Å². The quantitative estimate of drug-likeness (QED) is 0.173. The average molecular weight is 889 g/mol. The SMILES string of the molecule is CC(C)(C)c1ccc2c(c1)c1cc(C(C)(C)C)ccc1n2-c1cc(-n2c3ccc(C(C)(C)C)cc3c3cc(C(C)(C)C)ccc32)c(-c2nc(-c3ccccc3)nc(-c3ccccc3)n2)cc1C#N. The number of fused-ring (bicyclic) bond motifs is 6. The normalized spacial score (nSPS) is 12.7. The Morgan fingerprint density at radius 1 is 0.368 bits per heavy atom.